The molecule has 1 aromatic rings. The van der Waals surface area contributed by atoms with E-state index in [1.54, 1.807) is 4.90 Å². The van der Waals surface area contributed by atoms with Crippen LogP contribution in [0.2, 0.25) is 0 Å². The summed E-state index contributed by atoms with van der Waals surface area (Å²) in [7, 11) is 1.81. The predicted molar refractivity (Wildman–Crippen MR) is 110 cm³/mol. The fourth-order valence-corrected chi connectivity index (χ4v) is 5.24. The van der Waals surface area contributed by atoms with E-state index in [1.807, 2.05) is 38.2 Å². The van der Waals surface area contributed by atoms with Crippen LogP contribution in [0.25, 0.3) is 0 Å². The average Bonchev–Trinajstić information content (AvgIpc) is 3.31. The van der Waals surface area contributed by atoms with Gasteiger partial charge in [-0.1, -0.05) is 24.6 Å². The fraction of sp³-hybridized carbons (Fsp3) is 0.652. The lowest BCUT2D eigenvalue weighted by atomic mass is 9.76. The highest BCUT2D eigenvalue weighted by molar-refractivity contribution is 6.09. The molecule has 28 heavy (non-hydrogen) atoms. The SMILES string of the molecule is CN1C(=O)C(C)(CC(=O)C(CN2CCCCC2)C2CCCO2)c2ccccc21. The Labute approximate surface area is 168 Å². The van der Waals surface area contributed by atoms with E-state index in [-0.39, 0.29) is 30.1 Å². The topological polar surface area (TPSA) is 49.9 Å². The number of benzene rings is 1. The van der Waals surface area contributed by atoms with Gasteiger partial charge in [-0.05, 0) is 57.3 Å². The van der Waals surface area contributed by atoms with Gasteiger partial charge in [-0.3, -0.25) is 9.59 Å². The molecule has 0 radical (unpaired) electrons. The van der Waals surface area contributed by atoms with Gasteiger partial charge in [0.15, 0.2) is 0 Å². The molecule has 3 aliphatic heterocycles. The van der Waals surface area contributed by atoms with E-state index in [0.717, 1.165) is 50.3 Å². The summed E-state index contributed by atoms with van der Waals surface area (Å²) in [6.45, 7) is 5.58. The van der Waals surface area contributed by atoms with Crippen LogP contribution in [0, 0.1) is 5.92 Å². The van der Waals surface area contributed by atoms with Crippen molar-refractivity contribution in [3.8, 4) is 0 Å². The zero-order valence-corrected chi connectivity index (χ0v) is 17.2. The quantitative estimate of drug-likeness (QED) is 0.756. The van der Waals surface area contributed by atoms with E-state index in [2.05, 4.69) is 4.90 Å². The van der Waals surface area contributed by atoms with Crippen LogP contribution >= 0.6 is 0 Å². The minimum Gasteiger partial charge on any atom is -0.377 e. The molecule has 2 saturated heterocycles. The highest BCUT2D eigenvalue weighted by Gasteiger charge is 2.48. The number of anilines is 1. The lowest BCUT2D eigenvalue weighted by Gasteiger charge is -2.33. The number of likely N-dealkylation sites (N-methyl/N-ethyl adjacent to an activating group) is 1. The molecule has 0 aliphatic carbocycles. The minimum atomic E-state index is -0.777. The Bertz CT molecular complexity index is 737. The standard InChI is InChI=1S/C23H32N2O3/c1-23(18-9-4-5-10-19(18)24(2)22(23)27)15-20(26)17(21-11-8-14-28-21)16-25-12-6-3-7-13-25/h4-5,9-10,17,21H,3,6-8,11-16H2,1-2H3. The number of rotatable bonds is 6. The third kappa shape index (κ3) is 3.50. The van der Waals surface area contributed by atoms with Gasteiger partial charge in [0.05, 0.1) is 17.4 Å². The van der Waals surface area contributed by atoms with Gasteiger partial charge in [-0.25, -0.2) is 0 Å². The van der Waals surface area contributed by atoms with E-state index in [9.17, 15) is 9.59 Å². The number of amides is 1. The molecule has 5 nitrogen and oxygen atoms in total. The number of para-hydroxylation sites is 1. The summed E-state index contributed by atoms with van der Waals surface area (Å²) in [5.74, 6) is 0.0628. The Morgan fingerprint density at radius 3 is 2.68 bits per heavy atom. The first kappa shape index (κ1) is 19.6. The van der Waals surface area contributed by atoms with Crippen LogP contribution in [0.5, 0.6) is 0 Å². The second-order valence-electron chi connectivity index (χ2n) is 8.88. The number of ketones is 1. The van der Waals surface area contributed by atoms with Crippen molar-refractivity contribution in [2.75, 3.05) is 38.2 Å². The van der Waals surface area contributed by atoms with E-state index < -0.39 is 5.41 Å². The number of carbonyl (C=O) groups is 2. The van der Waals surface area contributed by atoms with Gasteiger partial charge in [0.25, 0.3) is 0 Å². The van der Waals surface area contributed by atoms with Gasteiger partial charge in [-0.15, -0.1) is 0 Å². The van der Waals surface area contributed by atoms with Gasteiger partial charge in [0.2, 0.25) is 5.91 Å². The Morgan fingerprint density at radius 2 is 1.96 bits per heavy atom. The third-order valence-electron chi connectivity index (χ3n) is 6.90. The molecule has 0 spiro atoms. The number of ether oxygens (including phenoxy) is 1. The number of likely N-dealkylation sites (tertiary alicyclic amines) is 1. The van der Waals surface area contributed by atoms with Gasteiger partial charge >= 0.3 is 0 Å². The number of carbonyl (C=O) groups excluding carboxylic acids is 2. The minimum absolute atomic E-state index is 0.00232. The molecule has 0 N–H and O–H groups in total. The average molecular weight is 385 g/mol. The summed E-state index contributed by atoms with van der Waals surface area (Å²) >= 11 is 0. The molecular formula is C23H32N2O3. The molecule has 3 aliphatic rings. The molecule has 3 atom stereocenters. The second-order valence-corrected chi connectivity index (χ2v) is 8.88. The largest absolute Gasteiger partial charge is 0.377 e. The molecule has 3 heterocycles. The molecule has 5 heteroatoms. The summed E-state index contributed by atoms with van der Waals surface area (Å²) < 4.78 is 5.95. The fourth-order valence-electron chi connectivity index (χ4n) is 5.24. The van der Waals surface area contributed by atoms with Crippen molar-refractivity contribution in [2.24, 2.45) is 5.92 Å². The maximum absolute atomic E-state index is 13.5. The molecule has 3 unspecified atom stereocenters. The Morgan fingerprint density at radius 1 is 1.21 bits per heavy atom. The Hall–Kier alpha value is -1.72. The number of hydrogen-bond donors (Lipinski definition) is 0. The van der Waals surface area contributed by atoms with E-state index >= 15 is 0 Å². The first-order chi connectivity index (χ1) is 13.5. The summed E-state index contributed by atoms with van der Waals surface area (Å²) in [6.07, 6.45) is 5.93. The lowest BCUT2D eigenvalue weighted by molar-refractivity contribution is -0.133. The van der Waals surface area contributed by atoms with Crippen molar-refractivity contribution in [2.45, 2.75) is 57.0 Å². The number of nitrogens with zero attached hydrogens (tertiary/aromatic N) is 2. The van der Waals surface area contributed by atoms with Crippen LogP contribution in [0.4, 0.5) is 5.69 Å². The molecule has 0 bridgehead atoms. The van der Waals surface area contributed by atoms with Gasteiger partial charge < -0.3 is 14.5 Å². The first-order valence-corrected chi connectivity index (χ1v) is 10.7. The van der Waals surface area contributed by atoms with Crippen LogP contribution in [0.1, 0.15) is 51.0 Å². The van der Waals surface area contributed by atoms with E-state index in [4.69, 9.17) is 4.74 Å². The van der Waals surface area contributed by atoms with E-state index in [0.29, 0.717) is 0 Å². The molecule has 1 aromatic carbocycles. The lowest BCUT2D eigenvalue weighted by Crippen LogP contribution is -2.45. The number of Topliss-reactive ketones (excluding diaryl/α,β-unsaturated/α-hetero) is 1. The zero-order valence-electron chi connectivity index (χ0n) is 17.2. The number of hydrogen-bond acceptors (Lipinski definition) is 4. The summed E-state index contributed by atoms with van der Waals surface area (Å²) in [4.78, 5) is 30.8. The van der Waals surface area contributed by atoms with Crippen molar-refractivity contribution in [3.63, 3.8) is 0 Å². The van der Waals surface area contributed by atoms with E-state index in [1.165, 1.54) is 19.3 Å². The van der Waals surface area contributed by atoms with Gasteiger partial charge in [-0.2, -0.15) is 0 Å². The summed E-state index contributed by atoms with van der Waals surface area (Å²) in [5.41, 5.74) is 1.12. The highest BCUT2D eigenvalue weighted by Crippen LogP contribution is 2.44. The maximum atomic E-state index is 13.5. The van der Waals surface area contributed by atoms with Crippen molar-refractivity contribution in [3.05, 3.63) is 29.8 Å². The van der Waals surface area contributed by atoms with Crippen LogP contribution in [-0.4, -0.2) is 56.0 Å². The van der Waals surface area contributed by atoms with Crippen molar-refractivity contribution in [1.82, 2.24) is 4.90 Å². The van der Waals surface area contributed by atoms with Crippen molar-refractivity contribution in [1.29, 1.82) is 0 Å². The second kappa shape index (κ2) is 7.96. The monoisotopic (exact) mass is 384 g/mol. The first-order valence-electron chi connectivity index (χ1n) is 10.7. The molecule has 0 saturated carbocycles. The smallest absolute Gasteiger partial charge is 0.237 e. The number of piperidine rings is 1. The van der Waals surface area contributed by atoms with Crippen LogP contribution in [0.3, 0.4) is 0 Å². The Kier molecular flexibility index (Phi) is 5.57. The van der Waals surface area contributed by atoms with Crippen LogP contribution in [0.15, 0.2) is 24.3 Å². The third-order valence-corrected chi connectivity index (χ3v) is 6.90. The molecular weight excluding hydrogens is 352 g/mol. The van der Waals surface area contributed by atoms with Crippen molar-refractivity contribution >= 4 is 17.4 Å². The number of fused-ring (bicyclic) bond motifs is 1. The predicted octanol–water partition coefficient (Wildman–Crippen LogP) is 3.16. The van der Waals surface area contributed by atoms with Crippen LogP contribution < -0.4 is 4.90 Å². The van der Waals surface area contributed by atoms with Crippen LogP contribution in [-0.2, 0) is 19.7 Å². The van der Waals surface area contributed by atoms with Crippen molar-refractivity contribution < 1.29 is 14.3 Å². The Balaban J connectivity index is 1.56. The zero-order chi connectivity index (χ0) is 19.7. The summed E-state index contributed by atoms with van der Waals surface area (Å²) in [5, 5.41) is 0. The summed E-state index contributed by atoms with van der Waals surface area (Å²) in [6, 6.07) is 7.87. The molecule has 1 amide bonds. The maximum Gasteiger partial charge on any atom is 0.237 e. The molecule has 0 aromatic heterocycles. The normalized spacial score (nSPS) is 29.1. The molecule has 152 valence electrons. The highest BCUT2D eigenvalue weighted by atomic mass is 16.5. The molecule has 2 fully saturated rings. The van der Waals surface area contributed by atoms with Gasteiger partial charge in [0, 0.05) is 32.3 Å². The van der Waals surface area contributed by atoms with Gasteiger partial charge in [0.1, 0.15) is 5.78 Å². The molecule has 4 rings (SSSR count).